The molecular formula is C16H18N2O3. The quantitative estimate of drug-likeness (QED) is 0.648. The number of ether oxygens (including phenoxy) is 1. The first-order valence-corrected chi connectivity index (χ1v) is 6.78. The van der Waals surface area contributed by atoms with Crippen molar-refractivity contribution in [2.45, 2.75) is 19.9 Å². The summed E-state index contributed by atoms with van der Waals surface area (Å²) in [4.78, 5) is 10.5. The molecule has 0 saturated carbocycles. The monoisotopic (exact) mass is 286 g/mol. The van der Waals surface area contributed by atoms with E-state index in [0.717, 1.165) is 17.7 Å². The second-order valence-corrected chi connectivity index (χ2v) is 4.66. The minimum atomic E-state index is -0.411. The molecule has 0 saturated heterocycles. The number of benzene rings is 2. The number of rotatable bonds is 6. The summed E-state index contributed by atoms with van der Waals surface area (Å²) < 4.78 is 5.11. The Balaban J connectivity index is 2.19. The molecule has 0 spiro atoms. The van der Waals surface area contributed by atoms with Crippen molar-refractivity contribution in [3.8, 4) is 5.75 Å². The number of hydrogen-bond acceptors (Lipinski definition) is 4. The lowest BCUT2D eigenvalue weighted by atomic mass is 10.1. The van der Waals surface area contributed by atoms with Gasteiger partial charge in [-0.1, -0.05) is 25.1 Å². The average molecular weight is 286 g/mol. The van der Waals surface area contributed by atoms with Crippen LogP contribution in [0.2, 0.25) is 0 Å². The number of non-ortho nitro benzene ring substituents is 1. The predicted molar refractivity (Wildman–Crippen MR) is 82.8 cm³/mol. The maximum absolute atomic E-state index is 10.9. The Hall–Kier alpha value is -2.56. The van der Waals surface area contributed by atoms with Gasteiger partial charge in [-0.3, -0.25) is 10.1 Å². The van der Waals surface area contributed by atoms with Crippen LogP contribution in [0.25, 0.3) is 0 Å². The summed E-state index contributed by atoms with van der Waals surface area (Å²) in [6.07, 6.45) is 0.932. The second kappa shape index (κ2) is 6.74. The zero-order valence-corrected chi connectivity index (χ0v) is 12.1. The number of nitrogens with one attached hydrogen (secondary N) is 1. The second-order valence-electron chi connectivity index (χ2n) is 4.66. The van der Waals surface area contributed by atoms with Gasteiger partial charge in [0.25, 0.3) is 5.69 Å². The Morgan fingerprint density at radius 1 is 1.24 bits per heavy atom. The van der Waals surface area contributed by atoms with E-state index in [-0.39, 0.29) is 5.69 Å². The van der Waals surface area contributed by atoms with Crippen LogP contribution in [0, 0.1) is 10.1 Å². The Bertz CT molecular complexity index is 641. The lowest BCUT2D eigenvalue weighted by Gasteiger charge is -2.11. The molecule has 1 N–H and O–H groups in total. The van der Waals surface area contributed by atoms with E-state index in [1.807, 2.05) is 18.2 Å². The average Bonchev–Trinajstić information content (AvgIpc) is 2.52. The molecule has 0 aliphatic heterocycles. The van der Waals surface area contributed by atoms with E-state index in [1.165, 1.54) is 18.7 Å². The smallest absolute Gasteiger partial charge is 0.273 e. The largest absolute Gasteiger partial charge is 0.496 e. The van der Waals surface area contributed by atoms with E-state index >= 15 is 0 Å². The molecule has 0 bridgehead atoms. The van der Waals surface area contributed by atoms with Crippen LogP contribution in [0.4, 0.5) is 11.4 Å². The van der Waals surface area contributed by atoms with Crippen molar-refractivity contribution < 1.29 is 9.66 Å². The van der Waals surface area contributed by atoms with E-state index in [1.54, 1.807) is 12.1 Å². The molecule has 2 rings (SSSR count). The minimum absolute atomic E-state index is 0.0370. The first-order chi connectivity index (χ1) is 10.1. The molecule has 21 heavy (non-hydrogen) atoms. The van der Waals surface area contributed by atoms with Crippen molar-refractivity contribution in [1.82, 2.24) is 0 Å². The highest BCUT2D eigenvalue weighted by Crippen LogP contribution is 2.24. The third kappa shape index (κ3) is 3.72. The van der Waals surface area contributed by atoms with Gasteiger partial charge in [0.05, 0.1) is 18.1 Å². The van der Waals surface area contributed by atoms with Gasteiger partial charge < -0.3 is 10.1 Å². The van der Waals surface area contributed by atoms with E-state index in [9.17, 15) is 10.1 Å². The molecule has 2 aromatic carbocycles. The molecule has 0 atom stereocenters. The third-order valence-corrected chi connectivity index (χ3v) is 3.28. The maximum atomic E-state index is 10.9. The first-order valence-electron chi connectivity index (χ1n) is 6.78. The van der Waals surface area contributed by atoms with Crippen LogP contribution in [0.5, 0.6) is 5.75 Å². The fourth-order valence-corrected chi connectivity index (χ4v) is 2.17. The number of aryl methyl sites for hydroxylation is 1. The molecule has 0 amide bonds. The molecule has 0 radical (unpaired) electrons. The van der Waals surface area contributed by atoms with Gasteiger partial charge in [0, 0.05) is 18.3 Å². The summed E-state index contributed by atoms with van der Waals surface area (Å²) in [5, 5.41) is 14.2. The molecule has 0 aliphatic rings. The highest BCUT2D eigenvalue weighted by Gasteiger charge is 2.10. The van der Waals surface area contributed by atoms with E-state index < -0.39 is 4.92 Å². The van der Waals surface area contributed by atoms with Gasteiger partial charge in [0.1, 0.15) is 5.75 Å². The normalized spacial score (nSPS) is 10.2. The van der Waals surface area contributed by atoms with Crippen molar-refractivity contribution in [2.24, 2.45) is 0 Å². The fourth-order valence-electron chi connectivity index (χ4n) is 2.17. The summed E-state index contributed by atoms with van der Waals surface area (Å²) in [6, 6.07) is 12.8. The predicted octanol–water partition coefficient (Wildman–Crippen LogP) is 3.78. The molecule has 5 heteroatoms. The number of nitro benzene ring substituents is 1. The summed E-state index contributed by atoms with van der Waals surface area (Å²) in [6.45, 7) is 2.60. The van der Waals surface area contributed by atoms with E-state index in [4.69, 9.17) is 4.74 Å². The van der Waals surface area contributed by atoms with Crippen LogP contribution in [0.3, 0.4) is 0 Å². The zero-order chi connectivity index (χ0) is 15.2. The zero-order valence-electron chi connectivity index (χ0n) is 12.1. The molecule has 110 valence electrons. The molecule has 0 aliphatic carbocycles. The molecule has 0 unspecified atom stereocenters. The minimum Gasteiger partial charge on any atom is -0.496 e. The molecular weight excluding hydrogens is 268 g/mol. The third-order valence-electron chi connectivity index (χ3n) is 3.28. The number of methoxy groups -OCH3 is 1. The lowest BCUT2D eigenvalue weighted by molar-refractivity contribution is -0.385. The lowest BCUT2D eigenvalue weighted by Crippen LogP contribution is -2.03. The number of para-hydroxylation sites is 1. The van der Waals surface area contributed by atoms with E-state index in [2.05, 4.69) is 18.3 Å². The van der Waals surface area contributed by atoms with Crippen LogP contribution >= 0.6 is 0 Å². The van der Waals surface area contributed by atoms with Crippen LogP contribution in [-0.4, -0.2) is 12.0 Å². The van der Waals surface area contributed by atoms with Gasteiger partial charge in [-0.15, -0.1) is 0 Å². The maximum Gasteiger partial charge on any atom is 0.273 e. The number of nitro groups is 1. The van der Waals surface area contributed by atoms with Crippen LogP contribution in [0.1, 0.15) is 18.1 Å². The summed E-state index contributed by atoms with van der Waals surface area (Å²) in [7, 11) is 1.50. The number of anilines is 1. The number of hydrogen-bond donors (Lipinski definition) is 1. The summed E-state index contributed by atoms with van der Waals surface area (Å²) in [5.74, 6) is 0.491. The van der Waals surface area contributed by atoms with Crippen molar-refractivity contribution in [1.29, 1.82) is 0 Å². The fraction of sp³-hybridized carbons (Fsp3) is 0.250. The Morgan fingerprint density at radius 2 is 2.00 bits per heavy atom. The summed E-state index contributed by atoms with van der Waals surface area (Å²) >= 11 is 0. The first kappa shape index (κ1) is 14.8. The summed E-state index contributed by atoms with van der Waals surface area (Å²) in [5.41, 5.74) is 3.11. The highest BCUT2D eigenvalue weighted by atomic mass is 16.6. The Morgan fingerprint density at radius 3 is 2.67 bits per heavy atom. The topological polar surface area (TPSA) is 64.4 Å². The standard InChI is InChI=1S/C16H18N2O3/c1-3-13-6-4-5-7-16(13)17-11-12-8-14(18(19)20)10-15(9-12)21-2/h4-10,17H,3,11H2,1-2H3. The van der Waals surface area contributed by atoms with Crippen molar-refractivity contribution in [3.63, 3.8) is 0 Å². The van der Waals surface area contributed by atoms with Crippen molar-refractivity contribution in [2.75, 3.05) is 12.4 Å². The van der Waals surface area contributed by atoms with Crippen molar-refractivity contribution in [3.05, 3.63) is 63.7 Å². The van der Waals surface area contributed by atoms with Gasteiger partial charge in [0.2, 0.25) is 0 Å². The van der Waals surface area contributed by atoms with Crippen molar-refractivity contribution >= 4 is 11.4 Å². The van der Waals surface area contributed by atoms with Gasteiger partial charge in [0.15, 0.2) is 0 Å². The molecule has 2 aromatic rings. The molecule has 0 fully saturated rings. The molecule has 5 nitrogen and oxygen atoms in total. The van der Waals surface area contributed by atoms with E-state index in [0.29, 0.717) is 12.3 Å². The van der Waals surface area contributed by atoms with Crippen LogP contribution < -0.4 is 10.1 Å². The van der Waals surface area contributed by atoms with Crippen LogP contribution in [0.15, 0.2) is 42.5 Å². The van der Waals surface area contributed by atoms with Gasteiger partial charge in [-0.2, -0.15) is 0 Å². The Kier molecular flexibility index (Phi) is 4.77. The SMILES string of the molecule is CCc1ccccc1NCc1cc(OC)cc([N+](=O)[O-])c1. The van der Waals surface area contributed by atoms with Gasteiger partial charge >= 0.3 is 0 Å². The Labute approximate surface area is 123 Å². The highest BCUT2D eigenvalue weighted by molar-refractivity contribution is 5.52. The van der Waals surface area contributed by atoms with Gasteiger partial charge in [-0.05, 0) is 29.7 Å². The van der Waals surface area contributed by atoms with Gasteiger partial charge in [-0.25, -0.2) is 0 Å². The number of nitrogens with zero attached hydrogens (tertiary/aromatic N) is 1. The van der Waals surface area contributed by atoms with Crippen LogP contribution in [-0.2, 0) is 13.0 Å². The molecule has 0 aromatic heterocycles. The molecule has 0 heterocycles.